The van der Waals surface area contributed by atoms with Gasteiger partial charge in [0, 0.05) is 0 Å². The Bertz CT molecular complexity index is 122. The van der Waals surface area contributed by atoms with Crippen molar-refractivity contribution in [1.82, 2.24) is 0 Å². The first-order chi connectivity index (χ1) is 3.83. The number of nitrogens with zero attached hydrogens (tertiary/aromatic N) is 1. The summed E-state index contributed by atoms with van der Waals surface area (Å²) < 4.78 is 4.42. The maximum Gasteiger partial charge on any atom is 0.308 e. The lowest BCUT2D eigenvalue weighted by Gasteiger charge is -1.86. The van der Waals surface area contributed by atoms with Gasteiger partial charge in [0.25, 0.3) is 0 Å². The van der Waals surface area contributed by atoms with E-state index >= 15 is 0 Å². The molecule has 0 spiro atoms. The lowest BCUT2D eigenvalue weighted by atomic mass is 10.3. The van der Waals surface area contributed by atoms with Crippen LogP contribution in [0, 0.1) is 4.91 Å². The van der Waals surface area contributed by atoms with Crippen LogP contribution >= 0.6 is 0 Å². The van der Waals surface area contributed by atoms with Crippen molar-refractivity contribution in [3.63, 3.8) is 0 Å². The summed E-state index contributed by atoms with van der Waals surface area (Å²) in [5, 5.41) is 2.64. The van der Waals surface area contributed by atoms with Crippen LogP contribution in [0.5, 0.6) is 0 Å². The minimum Gasteiger partial charge on any atom is -0.463 e. The third kappa shape index (κ3) is 0.828. The number of esters is 1. The van der Waals surface area contributed by atoms with Gasteiger partial charge in [0.1, 0.15) is 12.6 Å². The third-order valence-electron chi connectivity index (χ3n) is 0.988. The minimum atomic E-state index is -0.428. The maximum atomic E-state index is 10.2. The summed E-state index contributed by atoms with van der Waals surface area (Å²) in [5.41, 5.74) is 0. The SMILES string of the molecule is O=NC1COC(=O)C1. The van der Waals surface area contributed by atoms with Crippen LogP contribution in [-0.4, -0.2) is 18.6 Å². The summed E-state index contributed by atoms with van der Waals surface area (Å²) in [6.45, 7) is 0.169. The van der Waals surface area contributed by atoms with Crippen molar-refractivity contribution < 1.29 is 9.53 Å². The maximum absolute atomic E-state index is 10.2. The number of ether oxygens (including phenoxy) is 1. The molecule has 4 nitrogen and oxygen atoms in total. The first-order valence-electron chi connectivity index (χ1n) is 2.31. The second-order valence-corrected chi connectivity index (χ2v) is 1.65. The molecule has 0 aromatic carbocycles. The van der Waals surface area contributed by atoms with Crippen LogP contribution in [0.4, 0.5) is 0 Å². The molecule has 0 N–H and O–H groups in total. The Labute approximate surface area is 45.8 Å². The highest BCUT2D eigenvalue weighted by Crippen LogP contribution is 2.07. The van der Waals surface area contributed by atoms with Crippen molar-refractivity contribution in [1.29, 1.82) is 0 Å². The standard InChI is InChI=1S/C4H5NO3/c6-4-1-3(5-7)2-8-4/h3H,1-2H2. The van der Waals surface area contributed by atoms with Crippen LogP contribution in [0.3, 0.4) is 0 Å². The highest BCUT2D eigenvalue weighted by molar-refractivity contribution is 5.72. The predicted octanol–water partition coefficient (Wildman–Crippen LogP) is 0.0683. The normalized spacial score (nSPS) is 27.5. The van der Waals surface area contributed by atoms with E-state index in [1.807, 2.05) is 0 Å². The van der Waals surface area contributed by atoms with E-state index in [1.54, 1.807) is 0 Å². The topological polar surface area (TPSA) is 55.7 Å². The molecule has 1 aliphatic heterocycles. The summed E-state index contributed by atoms with van der Waals surface area (Å²) in [5.74, 6) is -0.324. The van der Waals surface area contributed by atoms with E-state index in [2.05, 4.69) is 9.91 Å². The molecule has 0 radical (unpaired) electrons. The molecule has 1 aliphatic rings. The Hall–Kier alpha value is -0.930. The number of cyclic esters (lactones) is 1. The van der Waals surface area contributed by atoms with Crippen molar-refractivity contribution in [2.45, 2.75) is 12.5 Å². The zero-order chi connectivity index (χ0) is 5.98. The molecule has 1 saturated heterocycles. The lowest BCUT2D eigenvalue weighted by Crippen LogP contribution is -1.99. The Balaban J connectivity index is 2.43. The Morgan fingerprint density at radius 1 is 1.75 bits per heavy atom. The van der Waals surface area contributed by atoms with E-state index in [9.17, 15) is 9.70 Å². The predicted molar refractivity (Wildman–Crippen MR) is 25.2 cm³/mol. The molecular weight excluding hydrogens is 110 g/mol. The first kappa shape index (κ1) is 5.21. The van der Waals surface area contributed by atoms with Gasteiger partial charge in [-0.15, -0.1) is 0 Å². The number of nitroso groups, excluding NO2 is 1. The van der Waals surface area contributed by atoms with E-state index in [4.69, 9.17) is 0 Å². The fraction of sp³-hybridized carbons (Fsp3) is 0.750. The number of carbonyl (C=O) groups excluding carboxylic acids is 1. The highest BCUT2D eigenvalue weighted by atomic mass is 16.5. The molecule has 1 heterocycles. The fourth-order valence-electron chi connectivity index (χ4n) is 0.567. The summed E-state index contributed by atoms with van der Waals surface area (Å²) in [6, 6.07) is -0.428. The van der Waals surface area contributed by atoms with Crippen LogP contribution in [0.1, 0.15) is 6.42 Å². The van der Waals surface area contributed by atoms with E-state index < -0.39 is 6.04 Å². The molecule has 0 bridgehead atoms. The smallest absolute Gasteiger partial charge is 0.308 e. The van der Waals surface area contributed by atoms with Crippen LogP contribution in [0.2, 0.25) is 0 Å². The van der Waals surface area contributed by atoms with Gasteiger partial charge in [-0.25, -0.2) is 0 Å². The fourth-order valence-corrected chi connectivity index (χ4v) is 0.567. The molecule has 1 fully saturated rings. The monoisotopic (exact) mass is 115 g/mol. The van der Waals surface area contributed by atoms with Crippen LogP contribution in [-0.2, 0) is 9.53 Å². The molecule has 1 atom stereocenters. The third-order valence-corrected chi connectivity index (χ3v) is 0.988. The molecule has 44 valence electrons. The number of hydrogen-bond acceptors (Lipinski definition) is 4. The molecule has 0 aliphatic carbocycles. The zero-order valence-electron chi connectivity index (χ0n) is 4.16. The van der Waals surface area contributed by atoms with Crippen molar-refractivity contribution in [3.05, 3.63) is 4.91 Å². The Morgan fingerprint density at radius 3 is 2.75 bits per heavy atom. The van der Waals surface area contributed by atoms with Crippen molar-refractivity contribution in [2.75, 3.05) is 6.61 Å². The second-order valence-electron chi connectivity index (χ2n) is 1.65. The van der Waals surface area contributed by atoms with Gasteiger partial charge in [-0.2, -0.15) is 4.91 Å². The average Bonchev–Trinajstić information content (AvgIpc) is 2.14. The van der Waals surface area contributed by atoms with Gasteiger partial charge in [-0.05, 0) is 0 Å². The summed E-state index contributed by atoms with van der Waals surface area (Å²) in [4.78, 5) is 19.9. The molecule has 0 aromatic heterocycles. The van der Waals surface area contributed by atoms with Crippen LogP contribution in [0.15, 0.2) is 5.18 Å². The van der Waals surface area contributed by atoms with Crippen LogP contribution < -0.4 is 0 Å². The van der Waals surface area contributed by atoms with Gasteiger partial charge >= 0.3 is 5.97 Å². The van der Waals surface area contributed by atoms with Gasteiger partial charge in [0.15, 0.2) is 0 Å². The zero-order valence-corrected chi connectivity index (χ0v) is 4.16. The summed E-state index contributed by atoms with van der Waals surface area (Å²) in [7, 11) is 0. The van der Waals surface area contributed by atoms with Gasteiger partial charge in [-0.3, -0.25) is 4.79 Å². The number of rotatable bonds is 1. The van der Waals surface area contributed by atoms with Gasteiger partial charge in [0.2, 0.25) is 0 Å². The molecule has 0 amide bonds. The van der Waals surface area contributed by atoms with E-state index in [0.29, 0.717) is 0 Å². The van der Waals surface area contributed by atoms with Crippen molar-refractivity contribution in [3.8, 4) is 0 Å². The van der Waals surface area contributed by atoms with E-state index in [1.165, 1.54) is 0 Å². The quantitative estimate of drug-likeness (QED) is 0.359. The minimum absolute atomic E-state index is 0.156. The highest BCUT2D eigenvalue weighted by Gasteiger charge is 2.23. The Kier molecular flexibility index (Phi) is 1.24. The molecule has 1 rings (SSSR count). The molecule has 1 unspecified atom stereocenters. The van der Waals surface area contributed by atoms with Crippen molar-refractivity contribution >= 4 is 5.97 Å². The second kappa shape index (κ2) is 1.90. The molecule has 4 heteroatoms. The van der Waals surface area contributed by atoms with Crippen LogP contribution in [0.25, 0.3) is 0 Å². The summed E-state index contributed by atoms with van der Waals surface area (Å²) >= 11 is 0. The number of carbonyl (C=O) groups is 1. The van der Waals surface area contributed by atoms with Gasteiger partial charge in [0.05, 0.1) is 6.42 Å². The van der Waals surface area contributed by atoms with Gasteiger partial charge in [-0.1, -0.05) is 5.18 Å². The average molecular weight is 115 g/mol. The number of hydrogen-bond donors (Lipinski definition) is 0. The first-order valence-corrected chi connectivity index (χ1v) is 2.31. The van der Waals surface area contributed by atoms with E-state index in [0.717, 1.165) is 0 Å². The van der Waals surface area contributed by atoms with Crippen molar-refractivity contribution in [2.24, 2.45) is 5.18 Å². The molecule has 0 aromatic rings. The largest absolute Gasteiger partial charge is 0.463 e. The van der Waals surface area contributed by atoms with E-state index in [-0.39, 0.29) is 19.0 Å². The molecule has 0 saturated carbocycles. The lowest BCUT2D eigenvalue weighted by molar-refractivity contribution is -0.137. The summed E-state index contributed by atoms with van der Waals surface area (Å²) in [6.07, 6.45) is 0.156. The Morgan fingerprint density at radius 2 is 2.50 bits per heavy atom. The van der Waals surface area contributed by atoms with Gasteiger partial charge < -0.3 is 4.74 Å². The molecule has 8 heavy (non-hydrogen) atoms. The molecular formula is C4H5NO3.